The standard InChI is InChI=1S/C18H18Cl2N2O3S/c19-15-4-3-5-16(20)18(15)26(23,24)22-12-7-8-13(22)11-14(10-12)25-17-6-1-2-9-21-17/h1-6,9,12-14H,7-8,10-11H2. The molecule has 3 heterocycles. The van der Waals surface area contributed by atoms with Crippen molar-refractivity contribution in [1.29, 1.82) is 0 Å². The average Bonchev–Trinajstić information content (AvgIpc) is 2.88. The van der Waals surface area contributed by atoms with Gasteiger partial charge in [0.25, 0.3) is 0 Å². The predicted octanol–water partition coefficient (Wildman–Crippen LogP) is 4.15. The second-order valence-electron chi connectivity index (χ2n) is 6.65. The third kappa shape index (κ3) is 3.20. The Morgan fingerprint density at radius 2 is 1.65 bits per heavy atom. The van der Waals surface area contributed by atoms with Crippen LogP contribution in [-0.2, 0) is 10.0 Å². The fourth-order valence-electron chi connectivity index (χ4n) is 3.99. The molecule has 138 valence electrons. The summed E-state index contributed by atoms with van der Waals surface area (Å²) in [4.78, 5) is 4.20. The monoisotopic (exact) mass is 412 g/mol. The Labute approximate surface area is 162 Å². The summed E-state index contributed by atoms with van der Waals surface area (Å²) in [5.74, 6) is 0.572. The van der Waals surface area contributed by atoms with E-state index in [1.54, 1.807) is 28.7 Å². The highest BCUT2D eigenvalue weighted by Crippen LogP contribution is 2.43. The van der Waals surface area contributed by atoms with Gasteiger partial charge in [0.15, 0.2) is 0 Å². The largest absolute Gasteiger partial charge is 0.474 e. The van der Waals surface area contributed by atoms with Crippen molar-refractivity contribution in [1.82, 2.24) is 9.29 Å². The third-order valence-electron chi connectivity index (χ3n) is 5.00. The van der Waals surface area contributed by atoms with Crippen LogP contribution in [0.25, 0.3) is 0 Å². The van der Waals surface area contributed by atoms with Gasteiger partial charge < -0.3 is 4.74 Å². The molecular formula is C18H18Cl2N2O3S. The Bertz CT molecular complexity index is 874. The van der Waals surface area contributed by atoms with Crippen LogP contribution in [0.5, 0.6) is 5.88 Å². The summed E-state index contributed by atoms with van der Waals surface area (Å²) in [5.41, 5.74) is 0. The number of fused-ring (bicyclic) bond motifs is 2. The number of ether oxygens (including phenoxy) is 1. The number of hydrogen-bond donors (Lipinski definition) is 0. The van der Waals surface area contributed by atoms with Gasteiger partial charge >= 0.3 is 0 Å². The van der Waals surface area contributed by atoms with Crippen molar-refractivity contribution in [3.05, 3.63) is 52.6 Å². The van der Waals surface area contributed by atoms with Crippen molar-refractivity contribution in [2.24, 2.45) is 0 Å². The van der Waals surface area contributed by atoms with E-state index in [2.05, 4.69) is 4.98 Å². The molecule has 2 saturated heterocycles. The molecule has 2 aliphatic heterocycles. The minimum absolute atomic E-state index is 0.00401. The lowest BCUT2D eigenvalue weighted by molar-refractivity contribution is 0.0918. The maximum Gasteiger partial charge on any atom is 0.246 e. The van der Waals surface area contributed by atoms with E-state index in [1.165, 1.54) is 0 Å². The molecule has 0 spiro atoms. The number of aromatic nitrogens is 1. The zero-order valence-electron chi connectivity index (χ0n) is 13.9. The molecule has 0 saturated carbocycles. The smallest absolute Gasteiger partial charge is 0.246 e. The van der Waals surface area contributed by atoms with E-state index >= 15 is 0 Å². The molecule has 2 aromatic rings. The van der Waals surface area contributed by atoms with Crippen molar-refractivity contribution in [3.8, 4) is 5.88 Å². The first kappa shape index (κ1) is 18.0. The second kappa shape index (κ2) is 7.00. The minimum Gasteiger partial charge on any atom is -0.474 e. The Hall–Kier alpha value is -1.34. The summed E-state index contributed by atoms with van der Waals surface area (Å²) in [6.45, 7) is 0. The van der Waals surface area contributed by atoms with E-state index in [4.69, 9.17) is 27.9 Å². The van der Waals surface area contributed by atoms with E-state index in [1.807, 2.05) is 18.2 Å². The van der Waals surface area contributed by atoms with Crippen LogP contribution in [-0.4, -0.2) is 35.9 Å². The van der Waals surface area contributed by atoms with Gasteiger partial charge in [-0.25, -0.2) is 13.4 Å². The van der Waals surface area contributed by atoms with Gasteiger partial charge in [-0.1, -0.05) is 35.3 Å². The van der Waals surface area contributed by atoms with E-state index in [-0.39, 0.29) is 33.1 Å². The minimum atomic E-state index is -3.76. The number of piperidine rings is 1. The summed E-state index contributed by atoms with van der Waals surface area (Å²) in [5, 5.41) is 0.313. The van der Waals surface area contributed by atoms with Crippen LogP contribution in [0.2, 0.25) is 10.0 Å². The zero-order valence-corrected chi connectivity index (χ0v) is 16.2. The summed E-state index contributed by atoms with van der Waals surface area (Å²) < 4.78 is 34.1. The van der Waals surface area contributed by atoms with Gasteiger partial charge in [-0.05, 0) is 31.0 Å². The molecule has 5 nitrogen and oxygen atoms in total. The molecule has 2 bridgehead atoms. The summed E-state index contributed by atoms with van der Waals surface area (Å²) in [6.07, 6.45) is 4.53. The first-order valence-corrected chi connectivity index (χ1v) is 10.7. The maximum absolute atomic E-state index is 13.3. The molecule has 1 aromatic carbocycles. The maximum atomic E-state index is 13.3. The molecule has 26 heavy (non-hydrogen) atoms. The van der Waals surface area contributed by atoms with Crippen molar-refractivity contribution in [2.75, 3.05) is 0 Å². The van der Waals surface area contributed by atoms with Crippen molar-refractivity contribution < 1.29 is 13.2 Å². The zero-order chi connectivity index (χ0) is 18.3. The van der Waals surface area contributed by atoms with Gasteiger partial charge in [-0.15, -0.1) is 0 Å². The lowest BCUT2D eigenvalue weighted by Gasteiger charge is -2.37. The Morgan fingerprint density at radius 1 is 1.00 bits per heavy atom. The van der Waals surface area contributed by atoms with Crippen molar-refractivity contribution in [3.63, 3.8) is 0 Å². The molecule has 2 atom stereocenters. The first-order valence-electron chi connectivity index (χ1n) is 8.52. The van der Waals surface area contributed by atoms with Gasteiger partial charge in [-0.2, -0.15) is 4.31 Å². The average molecular weight is 413 g/mol. The summed E-state index contributed by atoms with van der Waals surface area (Å²) >= 11 is 12.3. The van der Waals surface area contributed by atoms with Crippen LogP contribution in [0.3, 0.4) is 0 Å². The number of halogens is 2. The highest BCUT2D eigenvalue weighted by atomic mass is 35.5. The van der Waals surface area contributed by atoms with E-state index in [0.29, 0.717) is 18.7 Å². The van der Waals surface area contributed by atoms with E-state index in [0.717, 1.165) is 12.8 Å². The predicted molar refractivity (Wildman–Crippen MR) is 100 cm³/mol. The van der Waals surface area contributed by atoms with Crippen molar-refractivity contribution in [2.45, 2.75) is 48.8 Å². The quantitative estimate of drug-likeness (QED) is 0.756. The number of nitrogens with zero attached hydrogens (tertiary/aromatic N) is 2. The number of pyridine rings is 1. The molecule has 8 heteroatoms. The number of hydrogen-bond acceptors (Lipinski definition) is 4. The SMILES string of the molecule is O=S(=O)(c1c(Cl)cccc1Cl)N1C2CCC1CC(Oc1ccccn1)C2. The molecular weight excluding hydrogens is 395 g/mol. The Balaban J connectivity index is 1.58. The molecule has 4 rings (SSSR count). The van der Waals surface area contributed by atoms with Crippen molar-refractivity contribution >= 4 is 33.2 Å². The number of benzene rings is 1. The van der Waals surface area contributed by atoms with Gasteiger partial charge in [0.05, 0.1) is 10.0 Å². The number of sulfonamides is 1. The molecule has 2 unspecified atom stereocenters. The molecule has 0 N–H and O–H groups in total. The van der Waals surface area contributed by atoms with Gasteiger partial charge in [0.2, 0.25) is 15.9 Å². The fourth-order valence-corrected chi connectivity index (χ4v) is 6.98. The molecule has 1 aromatic heterocycles. The van der Waals surface area contributed by atoms with E-state index < -0.39 is 10.0 Å². The molecule has 2 aliphatic rings. The highest BCUT2D eigenvalue weighted by molar-refractivity contribution is 7.89. The van der Waals surface area contributed by atoms with Crippen LogP contribution in [0.15, 0.2) is 47.5 Å². The van der Waals surface area contributed by atoms with Crippen LogP contribution in [0.1, 0.15) is 25.7 Å². The van der Waals surface area contributed by atoms with Gasteiger partial charge in [0.1, 0.15) is 11.0 Å². The van der Waals surface area contributed by atoms with E-state index in [9.17, 15) is 8.42 Å². The van der Waals surface area contributed by atoms with Crippen LogP contribution >= 0.6 is 23.2 Å². The lowest BCUT2D eigenvalue weighted by atomic mass is 10.0. The topological polar surface area (TPSA) is 59.5 Å². The fraction of sp³-hybridized carbons (Fsp3) is 0.389. The van der Waals surface area contributed by atoms with Crippen LogP contribution < -0.4 is 4.74 Å². The Morgan fingerprint density at radius 3 is 2.23 bits per heavy atom. The Kier molecular flexibility index (Phi) is 4.86. The normalized spacial score (nSPS) is 26.0. The molecule has 0 amide bonds. The summed E-state index contributed by atoms with van der Waals surface area (Å²) in [7, 11) is -3.76. The lowest BCUT2D eigenvalue weighted by Crippen LogP contribution is -2.49. The van der Waals surface area contributed by atoms with Crippen LogP contribution in [0.4, 0.5) is 0 Å². The molecule has 0 radical (unpaired) electrons. The third-order valence-corrected chi connectivity index (χ3v) is 7.96. The van der Waals surface area contributed by atoms with Crippen LogP contribution in [0, 0.1) is 0 Å². The molecule has 2 fully saturated rings. The second-order valence-corrected chi connectivity index (χ2v) is 9.24. The van der Waals surface area contributed by atoms with Gasteiger partial charge in [-0.3, -0.25) is 0 Å². The first-order chi connectivity index (χ1) is 12.5. The van der Waals surface area contributed by atoms with Gasteiger partial charge in [0, 0.05) is 37.2 Å². The highest BCUT2D eigenvalue weighted by Gasteiger charge is 2.48. The summed E-state index contributed by atoms with van der Waals surface area (Å²) in [6, 6.07) is 10.0. The number of rotatable bonds is 4. The molecule has 0 aliphatic carbocycles.